The summed E-state index contributed by atoms with van der Waals surface area (Å²) < 4.78 is 10.3. The normalized spacial score (nSPS) is 30.0. The van der Waals surface area contributed by atoms with Crippen molar-refractivity contribution in [3.8, 4) is 0 Å². The van der Waals surface area contributed by atoms with Gasteiger partial charge in [0.15, 0.2) is 5.60 Å². The molecule has 0 unspecified atom stereocenters. The number of amides is 2. The molecule has 2 rings (SSSR count). The number of ether oxygens (including phenoxy) is 2. The number of carbonyl (C=O) groups is 3. The fourth-order valence-electron chi connectivity index (χ4n) is 2.55. The van der Waals surface area contributed by atoms with Gasteiger partial charge in [0.1, 0.15) is 5.60 Å². The fraction of sp³-hybridized carbons (Fsp3) is 0.769. The van der Waals surface area contributed by atoms with Crippen molar-refractivity contribution >= 4 is 18.0 Å². The zero-order chi connectivity index (χ0) is 15.1. The van der Waals surface area contributed by atoms with Gasteiger partial charge in [-0.15, -0.1) is 0 Å². The number of hydrogen-bond donors (Lipinski definition) is 1. The average Bonchev–Trinajstić information content (AvgIpc) is 2.80. The second kappa shape index (κ2) is 4.73. The first-order valence-electron chi connectivity index (χ1n) is 6.58. The van der Waals surface area contributed by atoms with E-state index in [4.69, 9.17) is 9.47 Å². The van der Waals surface area contributed by atoms with Gasteiger partial charge in [-0.1, -0.05) is 0 Å². The van der Waals surface area contributed by atoms with E-state index in [2.05, 4.69) is 0 Å². The van der Waals surface area contributed by atoms with Gasteiger partial charge in [-0.05, 0) is 20.8 Å². The van der Waals surface area contributed by atoms with Crippen LogP contribution in [-0.2, 0) is 19.1 Å². The third-order valence-corrected chi connectivity index (χ3v) is 3.38. The van der Waals surface area contributed by atoms with E-state index in [-0.39, 0.29) is 25.9 Å². The predicted octanol–water partition coefficient (Wildman–Crippen LogP) is 0.591. The molecular weight excluding hydrogens is 266 g/mol. The lowest BCUT2D eigenvalue weighted by molar-refractivity contribution is -0.158. The third-order valence-electron chi connectivity index (χ3n) is 3.38. The van der Waals surface area contributed by atoms with Crippen LogP contribution in [0.2, 0.25) is 0 Å². The molecule has 0 saturated carbocycles. The van der Waals surface area contributed by atoms with Crippen molar-refractivity contribution < 1.29 is 29.0 Å². The smallest absolute Gasteiger partial charge is 0.417 e. The van der Waals surface area contributed by atoms with Crippen LogP contribution in [0.25, 0.3) is 0 Å². The van der Waals surface area contributed by atoms with Crippen LogP contribution in [0.5, 0.6) is 0 Å². The Morgan fingerprint density at radius 2 is 2.15 bits per heavy atom. The summed E-state index contributed by atoms with van der Waals surface area (Å²) in [5.41, 5.74) is -2.05. The summed E-state index contributed by atoms with van der Waals surface area (Å²) in [4.78, 5) is 36.7. The van der Waals surface area contributed by atoms with E-state index >= 15 is 0 Å². The van der Waals surface area contributed by atoms with E-state index < -0.39 is 35.2 Å². The Bertz CT molecular complexity index is 454. The first-order valence-corrected chi connectivity index (χ1v) is 6.58. The van der Waals surface area contributed by atoms with Crippen molar-refractivity contribution in [3.05, 3.63) is 0 Å². The zero-order valence-electron chi connectivity index (χ0n) is 11.8. The Morgan fingerprint density at radius 1 is 1.50 bits per heavy atom. The molecule has 1 N–H and O–H groups in total. The maximum Gasteiger partial charge on any atom is 0.417 e. The molecule has 0 aliphatic carbocycles. The Labute approximate surface area is 116 Å². The van der Waals surface area contributed by atoms with Gasteiger partial charge in [0.25, 0.3) is 5.91 Å². The number of carbonyl (C=O) groups excluding carboxylic acids is 3. The minimum Gasteiger partial charge on any atom is -0.449 e. The van der Waals surface area contributed by atoms with Gasteiger partial charge in [0.2, 0.25) is 0 Å². The van der Waals surface area contributed by atoms with Crippen LogP contribution in [0.1, 0.15) is 40.0 Å². The predicted molar refractivity (Wildman–Crippen MR) is 66.6 cm³/mol. The highest BCUT2D eigenvalue weighted by Gasteiger charge is 2.59. The lowest BCUT2D eigenvalue weighted by Gasteiger charge is -2.26. The number of hydrogen-bond acceptors (Lipinski definition) is 6. The summed E-state index contributed by atoms with van der Waals surface area (Å²) in [6.07, 6.45) is -0.318. The monoisotopic (exact) mass is 285 g/mol. The van der Waals surface area contributed by atoms with Crippen molar-refractivity contribution in [2.24, 2.45) is 0 Å². The molecule has 20 heavy (non-hydrogen) atoms. The Hall–Kier alpha value is -1.63. The molecular formula is C13H19NO6. The molecule has 0 aromatic heterocycles. The Balaban J connectivity index is 2.22. The minimum atomic E-state index is -1.30. The largest absolute Gasteiger partial charge is 0.449 e. The number of aliphatic hydroxyl groups excluding tert-OH is 1. The molecule has 2 amide bonds. The fourth-order valence-corrected chi connectivity index (χ4v) is 2.55. The maximum absolute atomic E-state index is 12.4. The molecule has 2 fully saturated rings. The Kier molecular flexibility index (Phi) is 3.49. The van der Waals surface area contributed by atoms with E-state index in [1.807, 2.05) is 0 Å². The standard InChI is InChI=1S/C13H19NO6/c1-12(2,3)20-11(18)14-8(7-15)6-13(10(14)17)5-4-9(16)19-13/h8,15H,4-7H2,1-3H3/t8-,13-/m0/s1. The van der Waals surface area contributed by atoms with Crippen molar-refractivity contribution in [3.63, 3.8) is 0 Å². The zero-order valence-corrected chi connectivity index (χ0v) is 11.8. The summed E-state index contributed by atoms with van der Waals surface area (Å²) in [7, 11) is 0. The van der Waals surface area contributed by atoms with Crippen LogP contribution >= 0.6 is 0 Å². The van der Waals surface area contributed by atoms with Gasteiger partial charge in [-0.2, -0.15) is 0 Å². The number of likely N-dealkylation sites (tertiary alicyclic amines) is 1. The summed E-state index contributed by atoms with van der Waals surface area (Å²) >= 11 is 0. The first kappa shape index (κ1) is 14.8. The van der Waals surface area contributed by atoms with Crippen LogP contribution in [-0.4, -0.2) is 51.8 Å². The van der Waals surface area contributed by atoms with Crippen molar-refractivity contribution in [1.29, 1.82) is 0 Å². The van der Waals surface area contributed by atoms with Crippen LogP contribution in [0.15, 0.2) is 0 Å². The van der Waals surface area contributed by atoms with Crippen LogP contribution < -0.4 is 0 Å². The second-order valence-corrected chi connectivity index (χ2v) is 6.16. The first-order chi connectivity index (χ1) is 9.18. The Morgan fingerprint density at radius 3 is 2.60 bits per heavy atom. The van der Waals surface area contributed by atoms with Gasteiger partial charge in [-0.25, -0.2) is 9.69 Å². The van der Waals surface area contributed by atoms with E-state index in [0.717, 1.165) is 4.90 Å². The highest BCUT2D eigenvalue weighted by Crippen LogP contribution is 2.40. The molecule has 7 heteroatoms. The van der Waals surface area contributed by atoms with Crippen molar-refractivity contribution in [2.75, 3.05) is 6.61 Å². The quantitative estimate of drug-likeness (QED) is 0.709. The lowest BCUT2D eigenvalue weighted by Crippen LogP contribution is -2.46. The summed E-state index contributed by atoms with van der Waals surface area (Å²) in [5.74, 6) is -1.06. The van der Waals surface area contributed by atoms with E-state index in [1.54, 1.807) is 20.8 Å². The average molecular weight is 285 g/mol. The lowest BCUT2D eigenvalue weighted by atomic mass is 9.96. The van der Waals surface area contributed by atoms with E-state index in [0.29, 0.717) is 0 Å². The SMILES string of the molecule is CC(C)(C)OC(=O)N1C(=O)[C@]2(CCC(=O)O2)C[C@H]1CO. The van der Waals surface area contributed by atoms with Crippen LogP contribution in [0, 0.1) is 0 Å². The van der Waals surface area contributed by atoms with E-state index in [1.165, 1.54) is 0 Å². The molecule has 2 heterocycles. The third kappa shape index (κ3) is 2.49. The number of imide groups is 1. The number of aliphatic hydroxyl groups is 1. The summed E-state index contributed by atoms with van der Waals surface area (Å²) in [5, 5.41) is 9.37. The van der Waals surface area contributed by atoms with Gasteiger partial charge in [0, 0.05) is 19.3 Å². The van der Waals surface area contributed by atoms with Gasteiger partial charge >= 0.3 is 12.1 Å². The number of esters is 1. The molecule has 2 aliphatic rings. The van der Waals surface area contributed by atoms with Crippen molar-refractivity contribution in [2.45, 2.75) is 57.3 Å². The number of rotatable bonds is 1. The molecule has 0 aromatic rings. The molecule has 2 saturated heterocycles. The van der Waals surface area contributed by atoms with Gasteiger partial charge in [-0.3, -0.25) is 9.59 Å². The van der Waals surface area contributed by atoms with Crippen molar-refractivity contribution in [1.82, 2.24) is 4.90 Å². The molecule has 1 spiro atoms. The molecule has 0 radical (unpaired) electrons. The molecule has 0 bridgehead atoms. The highest BCUT2D eigenvalue weighted by molar-refractivity contribution is 6.01. The number of nitrogens with zero attached hydrogens (tertiary/aromatic N) is 1. The molecule has 112 valence electrons. The van der Waals surface area contributed by atoms with Crippen LogP contribution in [0.3, 0.4) is 0 Å². The highest BCUT2D eigenvalue weighted by atomic mass is 16.6. The maximum atomic E-state index is 12.4. The van der Waals surface area contributed by atoms with Crippen LogP contribution in [0.4, 0.5) is 4.79 Å². The van der Waals surface area contributed by atoms with Gasteiger partial charge < -0.3 is 14.6 Å². The molecule has 7 nitrogen and oxygen atoms in total. The van der Waals surface area contributed by atoms with Gasteiger partial charge in [0.05, 0.1) is 12.6 Å². The topological polar surface area (TPSA) is 93.1 Å². The molecule has 2 atom stereocenters. The molecule has 0 aromatic carbocycles. The molecule has 2 aliphatic heterocycles. The van der Waals surface area contributed by atoms with E-state index in [9.17, 15) is 19.5 Å². The second-order valence-electron chi connectivity index (χ2n) is 6.16. The summed E-state index contributed by atoms with van der Waals surface area (Å²) in [6, 6.07) is -0.719. The summed E-state index contributed by atoms with van der Waals surface area (Å²) in [6.45, 7) is 4.67. The minimum absolute atomic E-state index is 0.118.